The number of carbonyl (C=O) groups excluding carboxylic acids is 1. The van der Waals surface area contributed by atoms with Gasteiger partial charge in [-0.05, 0) is 13.8 Å². The Morgan fingerprint density at radius 2 is 2.00 bits per heavy atom. The molecule has 0 saturated heterocycles. The van der Waals surface area contributed by atoms with Crippen LogP contribution in [0.2, 0.25) is 0 Å². The minimum Gasteiger partial charge on any atom is -0.476 e. The summed E-state index contributed by atoms with van der Waals surface area (Å²) < 4.78 is 5.33. The normalized spacial score (nSPS) is 10.4. The maximum Gasteiger partial charge on any atom is 0.355 e. The van der Waals surface area contributed by atoms with Crippen molar-refractivity contribution in [1.29, 1.82) is 0 Å². The highest BCUT2D eigenvalue weighted by atomic mass is 32.1. The van der Waals surface area contributed by atoms with Gasteiger partial charge in [0.05, 0.1) is 18.8 Å². The minimum atomic E-state index is -1.09. The van der Waals surface area contributed by atoms with Crippen molar-refractivity contribution >= 4 is 23.3 Å². The number of amides is 2. The van der Waals surface area contributed by atoms with E-state index in [0.29, 0.717) is 10.9 Å². The van der Waals surface area contributed by atoms with E-state index >= 15 is 0 Å². The topological polar surface area (TPSA) is 117 Å². The summed E-state index contributed by atoms with van der Waals surface area (Å²) >= 11 is 1.17. The number of urea groups is 1. The molecule has 8 nitrogen and oxygen atoms in total. The minimum absolute atomic E-state index is 0.0251. The summed E-state index contributed by atoms with van der Waals surface area (Å²) in [4.78, 5) is 30.3. The second-order valence-corrected chi connectivity index (χ2v) is 5.16. The van der Waals surface area contributed by atoms with E-state index in [1.54, 1.807) is 6.92 Å². The van der Waals surface area contributed by atoms with Gasteiger partial charge < -0.3 is 20.2 Å². The van der Waals surface area contributed by atoms with Crippen LogP contribution in [-0.4, -0.2) is 27.1 Å². The number of rotatable bonds is 5. The monoisotopic (exact) mass is 310 g/mol. The zero-order valence-corrected chi connectivity index (χ0v) is 12.3. The SMILES string of the molecule is Cc1nc(CNC(=O)NCc2nc(C(=O)O)cs2)oc1C. The predicted octanol–water partition coefficient (Wildman–Crippen LogP) is 1.45. The number of thiazole rings is 1. The summed E-state index contributed by atoms with van der Waals surface area (Å²) in [6, 6.07) is -0.407. The molecule has 0 aliphatic heterocycles. The van der Waals surface area contributed by atoms with Gasteiger partial charge in [0.1, 0.15) is 10.8 Å². The number of carbonyl (C=O) groups is 2. The lowest BCUT2D eigenvalue weighted by Gasteiger charge is -2.03. The molecular formula is C12H14N4O4S. The van der Waals surface area contributed by atoms with Gasteiger partial charge in [-0.1, -0.05) is 0 Å². The smallest absolute Gasteiger partial charge is 0.355 e. The first-order chi connectivity index (χ1) is 9.95. The van der Waals surface area contributed by atoms with Crippen LogP contribution >= 0.6 is 11.3 Å². The Balaban J connectivity index is 1.77. The molecule has 9 heteroatoms. The van der Waals surface area contributed by atoms with E-state index in [4.69, 9.17) is 9.52 Å². The summed E-state index contributed by atoms with van der Waals surface area (Å²) in [5.74, 6) is 0.0651. The zero-order chi connectivity index (χ0) is 15.4. The molecule has 0 unspecified atom stereocenters. The molecule has 0 spiro atoms. The largest absolute Gasteiger partial charge is 0.476 e. The molecular weight excluding hydrogens is 296 g/mol. The lowest BCUT2D eigenvalue weighted by Crippen LogP contribution is -2.34. The van der Waals surface area contributed by atoms with Crippen LogP contribution < -0.4 is 10.6 Å². The molecule has 2 amide bonds. The fourth-order valence-electron chi connectivity index (χ4n) is 1.48. The summed E-state index contributed by atoms with van der Waals surface area (Å²) in [5.41, 5.74) is 0.763. The molecule has 0 bridgehead atoms. The Morgan fingerprint density at radius 3 is 2.57 bits per heavy atom. The number of aromatic carboxylic acids is 1. The third-order valence-electron chi connectivity index (χ3n) is 2.64. The van der Waals surface area contributed by atoms with Crippen molar-refractivity contribution < 1.29 is 19.1 Å². The van der Waals surface area contributed by atoms with Crippen molar-refractivity contribution in [3.8, 4) is 0 Å². The number of nitrogens with one attached hydrogen (secondary N) is 2. The highest BCUT2D eigenvalue weighted by Crippen LogP contribution is 2.09. The van der Waals surface area contributed by atoms with Crippen LogP contribution in [0.15, 0.2) is 9.80 Å². The average molecular weight is 310 g/mol. The van der Waals surface area contributed by atoms with Crippen LogP contribution in [0.1, 0.15) is 32.8 Å². The van der Waals surface area contributed by atoms with Crippen LogP contribution in [0.4, 0.5) is 4.79 Å². The van der Waals surface area contributed by atoms with Gasteiger partial charge >= 0.3 is 12.0 Å². The van der Waals surface area contributed by atoms with E-state index in [-0.39, 0.29) is 18.8 Å². The van der Waals surface area contributed by atoms with Gasteiger partial charge in [0, 0.05) is 5.38 Å². The first kappa shape index (κ1) is 15.0. The van der Waals surface area contributed by atoms with E-state index in [2.05, 4.69) is 20.6 Å². The molecule has 2 aromatic rings. The average Bonchev–Trinajstić information content (AvgIpc) is 3.02. The fraction of sp³-hybridized carbons (Fsp3) is 0.333. The van der Waals surface area contributed by atoms with Gasteiger partial charge in [-0.2, -0.15) is 0 Å². The first-order valence-electron chi connectivity index (χ1n) is 6.08. The number of hydrogen-bond acceptors (Lipinski definition) is 6. The summed E-state index contributed by atoms with van der Waals surface area (Å²) in [7, 11) is 0. The quantitative estimate of drug-likeness (QED) is 0.769. The molecule has 2 heterocycles. The molecule has 2 aromatic heterocycles. The summed E-state index contributed by atoms with van der Waals surface area (Å²) in [5, 5.41) is 15.9. The number of aryl methyl sites for hydroxylation is 2. The second kappa shape index (κ2) is 6.35. The fourth-order valence-corrected chi connectivity index (χ4v) is 2.19. The van der Waals surface area contributed by atoms with E-state index in [1.165, 1.54) is 16.7 Å². The lowest BCUT2D eigenvalue weighted by atomic mass is 10.4. The van der Waals surface area contributed by atoms with E-state index < -0.39 is 12.0 Å². The van der Waals surface area contributed by atoms with Crippen molar-refractivity contribution in [3.05, 3.63) is 33.4 Å². The Morgan fingerprint density at radius 1 is 1.29 bits per heavy atom. The van der Waals surface area contributed by atoms with Crippen LogP contribution in [0.25, 0.3) is 0 Å². The van der Waals surface area contributed by atoms with Crippen LogP contribution in [0, 0.1) is 13.8 Å². The van der Waals surface area contributed by atoms with E-state index in [0.717, 1.165) is 11.5 Å². The van der Waals surface area contributed by atoms with Crippen LogP contribution in [0.5, 0.6) is 0 Å². The molecule has 0 radical (unpaired) electrons. The van der Waals surface area contributed by atoms with Gasteiger partial charge in [0.15, 0.2) is 5.69 Å². The van der Waals surface area contributed by atoms with Gasteiger partial charge in [-0.15, -0.1) is 11.3 Å². The summed E-state index contributed by atoms with van der Waals surface area (Å²) in [6.45, 7) is 3.96. The molecule has 0 saturated carbocycles. The molecule has 0 aliphatic rings. The van der Waals surface area contributed by atoms with Crippen LogP contribution in [-0.2, 0) is 13.1 Å². The van der Waals surface area contributed by atoms with Gasteiger partial charge in [0.2, 0.25) is 5.89 Å². The molecule has 0 fully saturated rings. The van der Waals surface area contributed by atoms with Crippen molar-refractivity contribution in [2.75, 3.05) is 0 Å². The van der Waals surface area contributed by atoms with Gasteiger partial charge in [0.25, 0.3) is 0 Å². The number of nitrogens with zero attached hydrogens (tertiary/aromatic N) is 2. The van der Waals surface area contributed by atoms with E-state index in [9.17, 15) is 9.59 Å². The predicted molar refractivity (Wildman–Crippen MR) is 74.1 cm³/mol. The van der Waals surface area contributed by atoms with Gasteiger partial charge in [-0.3, -0.25) is 0 Å². The molecule has 3 N–H and O–H groups in total. The number of aromatic nitrogens is 2. The maximum absolute atomic E-state index is 11.6. The molecule has 112 valence electrons. The Hall–Kier alpha value is -2.42. The highest BCUT2D eigenvalue weighted by molar-refractivity contribution is 7.09. The summed E-state index contributed by atoms with van der Waals surface area (Å²) in [6.07, 6.45) is 0. The Kier molecular flexibility index (Phi) is 4.53. The third-order valence-corrected chi connectivity index (χ3v) is 3.49. The van der Waals surface area contributed by atoms with E-state index in [1.807, 2.05) is 6.92 Å². The Labute approximate surface area is 124 Å². The van der Waals surface area contributed by atoms with Crippen molar-refractivity contribution in [2.45, 2.75) is 26.9 Å². The molecule has 0 aromatic carbocycles. The zero-order valence-electron chi connectivity index (χ0n) is 11.5. The standard InChI is InChI=1S/C12H14N4O4S/c1-6-7(2)20-9(15-6)3-13-12(19)14-4-10-16-8(5-21-10)11(17)18/h5H,3-4H2,1-2H3,(H,17,18)(H2,13,14,19). The molecule has 0 atom stereocenters. The third kappa shape index (κ3) is 4.02. The van der Waals surface area contributed by atoms with Gasteiger partial charge in [-0.25, -0.2) is 19.6 Å². The molecule has 21 heavy (non-hydrogen) atoms. The maximum atomic E-state index is 11.6. The van der Waals surface area contributed by atoms with Crippen molar-refractivity contribution in [1.82, 2.24) is 20.6 Å². The Bertz CT molecular complexity index is 645. The first-order valence-corrected chi connectivity index (χ1v) is 6.96. The number of carboxylic acid groups (broad SMARTS) is 1. The number of carboxylic acids is 1. The number of hydrogen-bond donors (Lipinski definition) is 3. The van der Waals surface area contributed by atoms with Crippen molar-refractivity contribution in [3.63, 3.8) is 0 Å². The highest BCUT2D eigenvalue weighted by Gasteiger charge is 2.10. The van der Waals surface area contributed by atoms with Crippen LogP contribution in [0.3, 0.4) is 0 Å². The van der Waals surface area contributed by atoms with Crippen molar-refractivity contribution in [2.24, 2.45) is 0 Å². The second-order valence-electron chi connectivity index (χ2n) is 4.22. The lowest BCUT2D eigenvalue weighted by molar-refractivity contribution is 0.0691. The number of oxazole rings is 1. The molecule has 0 aliphatic carbocycles. The molecule has 2 rings (SSSR count).